The van der Waals surface area contributed by atoms with E-state index in [1.54, 1.807) is 16.9 Å². The van der Waals surface area contributed by atoms with Gasteiger partial charge >= 0.3 is 0 Å². The molecular weight excluding hydrogens is 458 g/mol. The van der Waals surface area contributed by atoms with Crippen LogP contribution in [0.15, 0.2) is 42.7 Å². The van der Waals surface area contributed by atoms with Crippen molar-refractivity contribution in [2.45, 2.75) is 18.9 Å². The van der Waals surface area contributed by atoms with Crippen LogP contribution >= 0.6 is 0 Å². The number of carbonyl (C=O) groups excluding carboxylic acids is 1. The second kappa shape index (κ2) is 9.67. The first-order valence-electron chi connectivity index (χ1n) is 12.3. The number of nitrogens with zero attached hydrogens (tertiary/aromatic N) is 7. The molecule has 4 aromatic rings. The Bertz CT molecular complexity index is 1320. The molecule has 0 atom stereocenters. The summed E-state index contributed by atoms with van der Waals surface area (Å²) in [6.45, 7) is 5.56. The number of rotatable bonds is 5. The maximum atomic E-state index is 12.8. The van der Waals surface area contributed by atoms with Gasteiger partial charge in [-0.15, -0.1) is 0 Å². The number of benzene rings is 1. The molecule has 2 aliphatic heterocycles. The molecule has 0 unspecified atom stereocenters. The van der Waals surface area contributed by atoms with Crippen molar-refractivity contribution in [2.75, 3.05) is 49.6 Å². The van der Waals surface area contributed by atoms with Gasteiger partial charge in [-0.2, -0.15) is 5.10 Å². The standard InChI is InChI=1S/C25H29N9O2/c1-32-21(24-28-18-4-2-3-5-19(18)29-24)14-22(31-32)30-25(35)20-15-27-23(16-26-20)34-8-6-17(7-9-34)33-10-12-36-13-11-33/h2-5,14-17H,6-13H2,1H3,(H,28,29)(H,30,31,35). The first-order chi connectivity index (χ1) is 17.6. The molecule has 1 amide bonds. The summed E-state index contributed by atoms with van der Waals surface area (Å²) in [4.78, 5) is 34.4. The molecule has 11 heteroatoms. The smallest absolute Gasteiger partial charge is 0.277 e. The van der Waals surface area contributed by atoms with Gasteiger partial charge in [-0.3, -0.25) is 14.4 Å². The number of para-hydroxylation sites is 2. The molecule has 6 rings (SSSR count). The molecule has 2 fully saturated rings. The second-order valence-corrected chi connectivity index (χ2v) is 9.22. The lowest BCUT2D eigenvalue weighted by Crippen LogP contribution is -2.49. The Kier molecular flexibility index (Phi) is 6.08. The van der Waals surface area contributed by atoms with Crippen molar-refractivity contribution in [3.8, 4) is 11.5 Å². The number of hydrogen-bond acceptors (Lipinski definition) is 8. The fourth-order valence-electron chi connectivity index (χ4n) is 5.01. The van der Waals surface area contributed by atoms with Crippen molar-refractivity contribution in [2.24, 2.45) is 7.05 Å². The molecule has 2 saturated heterocycles. The molecule has 0 aliphatic carbocycles. The van der Waals surface area contributed by atoms with Gasteiger partial charge in [0.25, 0.3) is 5.91 Å². The van der Waals surface area contributed by atoms with Crippen molar-refractivity contribution in [1.82, 2.24) is 34.6 Å². The molecule has 2 N–H and O–H groups in total. The van der Waals surface area contributed by atoms with Gasteiger partial charge in [0.1, 0.15) is 17.2 Å². The maximum Gasteiger partial charge on any atom is 0.277 e. The second-order valence-electron chi connectivity index (χ2n) is 9.22. The van der Waals surface area contributed by atoms with Gasteiger partial charge in [-0.05, 0) is 25.0 Å². The van der Waals surface area contributed by atoms with Crippen LogP contribution in [0.5, 0.6) is 0 Å². The molecule has 0 saturated carbocycles. The third-order valence-corrected chi connectivity index (χ3v) is 6.97. The lowest BCUT2D eigenvalue weighted by atomic mass is 10.0. The molecule has 5 heterocycles. The molecule has 36 heavy (non-hydrogen) atoms. The monoisotopic (exact) mass is 487 g/mol. The molecular formula is C25H29N9O2. The zero-order chi connectivity index (χ0) is 24.5. The average molecular weight is 488 g/mol. The predicted molar refractivity (Wildman–Crippen MR) is 136 cm³/mol. The zero-order valence-electron chi connectivity index (χ0n) is 20.2. The lowest BCUT2D eigenvalue weighted by molar-refractivity contribution is 0.0114. The largest absolute Gasteiger partial charge is 0.379 e. The molecule has 0 radical (unpaired) electrons. The number of aryl methyl sites for hydroxylation is 1. The van der Waals surface area contributed by atoms with Crippen LogP contribution in [-0.2, 0) is 11.8 Å². The minimum atomic E-state index is -0.352. The van der Waals surface area contributed by atoms with E-state index in [-0.39, 0.29) is 11.6 Å². The first kappa shape index (κ1) is 22.6. The summed E-state index contributed by atoms with van der Waals surface area (Å²) in [6.07, 6.45) is 5.40. The molecule has 11 nitrogen and oxygen atoms in total. The average Bonchev–Trinajstić information content (AvgIpc) is 3.52. The van der Waals surface area contributed by atoms with E-state index in [2.05, 4.69) is 40.2 Å². The highest BCUT2D eigenvalue weighted by Gasteiger charge is 2.26. The molecule has 2 aliphatic rings. The van der Waals surface area contributed by atoms with E-state index in [1.807, 2.05) is 31.3 Å². The summed E-state index contributed by atoms with van der Waals surface area (Å²) in [7, 11) is 1.81. The van der Waals surface area contributed by atoms with Gasteiger partial charge in [0, 0.05) is 45.3 Å². The molecule has 186 valence electrons. The molecule has 1 aromatic carbocycles. The number of hydrogen-bond donors (Lipinski definition) is 2. The van der Waals surface area contributed by atoms with Crippen LogP contribution in [0.1, 0.15) is 23.3 Å². The number of nitrogens with one attached hydrogen (secondary N) is 2. The van der Waals surface area contributed by atoms with E-state index in [9.17, 15) is 4.79 Å². The number of imidazole rings is 1. The van der Waals surface area contributed by atoms with Crippen molar-refractivity contribution >= 4 is 28.6 Å². The van der Waals surface area contributed by atoms with Crippen LogP contribution in [-0.4, -0.2) is 86.0 Å². The normalized spacial score (nSPS) is 17.5. The number of H-pyrrole nitrogens is 1. The number of amides is 1. The first-order valence-corrected chi connectivity index (χ1v) is 12.3. The fourth-order valence-corrected chi connectivity index (χ4v) is 5.01. The van der Waals surface area contributed by atoms with Gasteiger partial charge in [0.15, 0.2) is 11.6 Å². The Morgan fingerprint density at radius 2 is 1.89 bits per heavy atom. The van der Waals surface area contributed by atoms with E-state index < -0.39 is 0 Å². The summed E-state index contributed by atoms with van der Waals surface area (Å²) in [5.74, 6) is 1.56. The Hall–Kier alpha value is -3.83. The van der Waals surface area contributed by atoms with Gasteiger partial charge in [-0.1, -0.05) is 12.1 Å². The topological polar surface area (TPSA) is 117 Å². The number of aromatic nitrogens is 6. The summed E-state index contributed by atoms with van der Waals surface area (Å²) >= 11 is 0. The van der Waals surface area contributed by atoms with Crippen LogP contribution in [0.3, 0.4) is 0 Å². The number of fused-ring (bicyclic) bond motifs is 1. The number of morpholine rings is 1. The molecule has 3 aromatic heterocycles. The number of piperidine rings is 1. The predicted octanol–water partition coefficient (Wildman–Crippen LogP) is 2.31. The fraction of sp³-hybridized carbons (Fsp3) is 0.400. The Balaban J connectivity index is 1.08. The van der Waals surface area contributed by atoms with Crippen LogP contribution in [0.4, 0.5) is 11.6 Å². The highest BCUT2D eigenvalue weighted by atomic mass is 16.5. The third-order valence-electron chi connectivity index (χ3n) is 6.97. The zero-order valence-corrected chi connectivity index (χ0v) is 20.2. The van der Waals surface area contributed by atoms with E-state index >= 15 is 0 Å². The number of anilines is 2. The summed E-state index contributed by atoms with van der Waals surface area (Å²) in [5, 5.41) is 7.24. The Morgan fingerprint density at radius 3 is 2.64 bits per heavy atom. The van der Waals surface area contributed by atoms with Gasteiger partial charge in [0.05, 0.1) is 36.6 Å². The van der Waals surface area contributed by atoms with Crippen LogP contribution in [0.2, 0.25) is 0 Å². The maximum absolute atomic E-state index is 12.8. The van der Waals surface area contributed by atoms with Crippen LogP contribution in [0.25, 0.3) is 22.6 Å². The van der Waals surface area contributed by atoms with Gasteiger partial charge in [0.2, 0.25) is 0 Å². The van der Waals surface area contributed by atoms with E-state index in [4.69, 9.17) is 4.74 Å². The van der Waals surface area contributed by atoms with Crippen molar-refractivity contribution in [3.05, 3.63) is 48.4 Å². The third kappa shape index (κ3) is 4.54. The number of ether oxygens (including phenoxy) is 1. The quantitative estimate of drug-likeness (QED) is 0.441. The highest BCUT2D eigenvalue weighted by Crippen LogP contribution is 2.24. The number of aromatic amines is 1. The Morgan fingerprint density at radius 1 is 1.08 bits per heavy atom. The molecule has 0 bridgehead atoms. The van der Waals surface area contributed by atoms with E-state index in [0.717, 1.165) is 74.8 Å². The van der Waals surface area contributed by atoms with Gasteiger partial charge in [-0.25, -0.2) is 15.0 Å². The highest BCUT2D eigenvalue weighted by molar-refractivity contribution is 6.02. The number of carbonyl (C=O) groups is 1. The van der Waals surface area contributed by atoms with Crippen molar-refractivity contribution < 1.29 is 9.53 Å². The van der Waals surface area contributed by atoms with Gasteiger partial charge < -0.3 is 19.9 Å². The minimum absolute atomic E-state index is 0.248. The lowest BCUT2D eigenvalue weighted by Gasteiger charge is -2.40. The van der Waals surface area contributed by atoms with E-state index in [0.29, 0.717) is 17.7 Å². The molecule has 0 spiro atoms. The van der Waals surface area contributed by atoms with Crippen molar-refractivity contribution in [1.29, 1.82) is 0 Å². The Labute approximate surface area is 208 Å². The summed E-state index contributed by atoms with van der Waals surface area (Å²) in [5.41, 5.74) is 2.83. The summed E-state index contributed by atoms with van der Waals surface area (Å²) in [6, 6.07) is 10.2. The van der Waals surface area contributed by atoms with E-state index in [1.165, 1.54) is 6.20 Å². The van der Waals surface area contributed by atoms with Crippen LogP contribution in [0, 0.1) is 0 Å². The summed E-state index contributed by atoms with van der Waals surface area (Å²) < 4.78 is 7.16. The minimum Gasteiger partial charge on any atom is -0.379 e. The van der Waals surface area contributed by atoms with Crippen LogP contribution < -0.4 is 10.2 Å². The van der Waals surface area contributed by atoms with Crippen molar-refractivity contribution in [3.63, 3.8) is 0 Å². The SMILES string of the molecule is Cn1nc(NC(=O)c2cnc(N3CCC(N4CCOCC4)CC3)cn2)cc1-c1nc2ccccc2[nH]1.